The molecular formula is C16H28N2. The molecule has 0 heterocycles. The molecule has 2 nitrogen and oxygen atoms in total. The summed E-state index contributed by atoms with van der Waals surface area (Å²) < 4.78 is 0. The van der Waals surface area contributed by atoms with Gasteiger partial charge in [-0.25, -0.2) is 0 Å². The van der Waals surface area contributed by atoms with Gasteiger partial charge in [0, 0.05) is 6.04 Å². The Hall–Kier alpha value is -0.550. The van der Waals surface area contributed by atoms with Crippen LogP contribution in [0.3, 0.4) is 0 Å². The summed E-state index contributed by atoms with van der Waals surface area (Å²) in [7, 11) is 0. The summed E-state index contributed by atoms with van der Waals surface area (Å²) in [6.07, 6.45) is 9.93. The summed E-state index contributed by atoms with van der Waals surface area (Å²) in [4.78, 5) is 0. The van der Waals surface area contributed by atoms with Crippen molar-refractivity contribution in [3.63, 3.8) is 0 Å². The second-order valence-electron chi connectivity index (χ2n) is 7.33. The average molecular weight is 248 g/mol. The van der Waals surface area contributed by atoms with Crippen LogP contribution in [-0.4, -0.2) is 11.6 Å². The molecule has 2 aliphatic carbocycles. The van der Waals surface area contributed by atoms with Crippen molar-refractivity contribution in [2.75, 3.05) is 0 Å². The molecule has 0 aliphatic heterocycles. The standard InChI is InChI=1S/C16H28N2/c1-13-11-15(2,3)9-10-16(13,12-17)18-14-7-5-4-6-8-14/h13-14,18H,4-11H2,1-3H3. The zero-order valence-electron chi connectivity index (χ0n) is 12.3. The van der Waals surface area contributed by atoms with Gasteiger partial charge in [-0.05, 0) is 43.4 Å². The lowest BCUT2D eigenvalue weighted by Crippen LogP contribution is -2.57. The van der Waals surface area contributed by atoms with Crippen molar-refractivity contribution in [1.82, 2.24) is 5.32 Å². The summed E-state index contributed by atoms with van der Waals surface area (Å²) in [5.41, 5.74) is 0.158. The van der Waals surface area contributed by atoms with Crippen molar-refractivity contribution in [2.24, 2.45) is 11.3 Å². The van der Waals surface area contributed by atoms with Crippen molar-refractivity contribution in [3.8, 4) is 6.07 Å². The minimum Gasteiger partial charge on any atom is -0.296 e. The predicted molar refractivity (Wildman–Crippen MR) is 75.1 cm³/mol. The molecule has 2 unspecified atom stereocenters. The Morgan fingerprint density at radius 2 is 1.78 bits per heavy atom. The van der Waals surface area contributed by atoms with Gasteiger partial charge in [-0.3, -0.25) is 5.32 Å². The van der Waals surface area contributed by atoms with Crippen LogP contribution in [0.15, 0.2) is 0 Å². The Morgan fingerprint density at radius 3 is 2.33 bits per heavy atom. The molecule has 0 radical (unpaired) electrons. The molecular weight excluding hydrogens is 220 g/mol. The quantitative estimate of drug-likeness (QED) is 0.801. The van der Waals surface area contributed by atoms with Gasteiger partial charge in [0.2, 0.25) is 0 Å². The molecule has 0 aromatic heterocycles. The van der Waals surface area contributed by atoms with E-state index in [2.05, 4.69) is 32.2 Å². The van der Waals surface area contributed by atoms with Crippen LogP contribution in [0.5, 0.6) is 0 Å². The molecule has 0 amide bonds. The van der Waals surface area contributed by atoms with Crippen LogP contribution in [0.4, 0.5) is 0 Å². The number of hydrogen-bond donors (Lipinski definition) is 1. The van der Waals surface area contributed by atoms with E-state index in [1.807, 2.05) is 0 Å². The summed E-state index contributed by atoms with van der Waals surface area (Å²) in [6, 6.07) is 3.23. The Labute approximate surface area is 112 Å². The molecule has 2 saturated carbocycles. The molecule has 2 rings (SSSR count). The first-order chi connectivity index (χ1) is 8.47. The molecule has 2 atom stereocenters. The molecule has 0 saturated heterocycles. The Bertz CT molecular complexity index is 322. The molecule has 2 heteroatoms. The van der Waals surface area contributed by atoms with E-state index in [-0.39, 0.29) is 5.54 Å². The maximum Gasteiger partial charge on any atom is 0.109 e. The topological polar surface area (TPSA) is 35.8 Å². The summed E-state index contributed by atoms with van der Waals surface area (Å²) in [5.74, 6) is 0.466. The van der Waals surface area contributed by atoms with E-state index in [1.165, 1.54) is 44.9 Å². The van der Waals surface area contributed by atoms with E-state index >= 15 is 0 Å². The van der Waals surface area contributed by atoms with Gasteiger partial charge in [0.1, 0.15) is 5.54 Å². The van der Waals surface area contributed by atoms with Crippen LogP contribution in [0, 0.1) is 22.7 Å². The van der Waals surface area contributed by atoms with E-state index in [1.54, 1.807) is 0 Å². The average Bonchev–Trinajstić information content (AvgIpc) is 2.34. The highest BCUT2D eigenvalue weighted by molar-refractivity contribution is 5.14. The zero-order valence-corrected chi connectivity index (χ0v) is 12.3. The van der Waals surface area contributed by atoms with Gasteiger partial charge in [0.05, 0.1) is 6.07 Å². The van der Waals surface area contributed by atoms with E-state index < -0.39 is 0 Å². The van der Waals surface area contributed by atoms with Crippen LogP contribution in [0.2, 0.25) is 0 Å². The van der Waals surface area contributed by atoms with Gasteiger partial charge in [-0.15, -0.1) is 0 Å². The molecule has 0 spiro atoms. The van der Waals surface area contributed by atoms with Crippen molar-refractivity contribution in [2.45, 2.75) is 83.7 Å². The molecule has 0 bridgehead atoms. The van der Waals surface area contributed by atoms with Crippen molar-refractivity contribution < 1.29 is 0 Å². The van der Waals surface area contributed by atoms with Crippen LogP contribution < -0.4 is 5.32 Å². The van der Waals surface area contributed by atoms with Gasteiger partial charge in [0.25, 0.3) is 0 Å². The number of nitriles is 1. The van der Waals surface area contributed by atoms with E-state index in [9.17, 15) is 5.26 Å². The molecule has 2 aliphatic rings. The van der Waals surface area contributed by atoms with Crippen molar-refractivity contribution in [1.29, 1.82) is 5.26 Å². The number of nitrogens with one attached hydrogen (secondary N) is 1. The zero-order chi connectivity index (χ0) is 13.2. The van der Waals surface area contributed by atoms with Crippen molar-refractivity contribution >= 4 is 0 Å². The molecule has 1 N–H and O–H groups in total. The van der Waals surface area contributed by atoms with E-state index in [0.29, 0.717) is 17.4 Å². The Kier molecular flexibility index (Phi) is 4.02. The van der Waals surface area contributed by atoms with Crippen LogP contribution >= 0.6 is 0 Å². The second-order valence-corrected chi connectivity index (χ2v) is 7.33. The van der Waals surface area contributed by atoms with Crippen LogP contribution in [-0.2, 0) is 0 Å². The fourth-order valence-corrected chi connectivity index (χ4v) is 3.91. The van der Waals surface area contributed by atoms with Crippen molar-refractivity contribution in [3.05, 3.63) is 0 Å². The predicted octanol–water partition coefficient (Wildman–Crippen LogP) is 4.02. The largest absolute Gasteiger partial charge is 0.296 e. The van der Waals surface area contributed by atoms with Gasteiger partial charge in [-0.1, -0.05) is 40.0 Å². The minimum absolute atomic E-state index is 0.252. The highest BCUT2D eigenvalue weighted by atomic mass is 15.0. The first-order valence-corrected chi connectivity index (χ1v) is 7.66. The lowest BCUT2D eigenvalue weighted by molar-refractivity contribution is 0.0954. The monoisotopic (exact) mass is 248 g/mol. The molecule has 0 aromatic carbocycles. The normalized spacial score (nSPS) is 37.1. The molecule has 2 fully saturated rings. The maximum absolute atomic E-state index is 9.70. The third-order valence-corrected chi connectivity index (χ3v) is 5.16. The first-order valence-electron chi connectivity index (χ1n) is 7.66. The van der Waals surface area contributed by atoms with Gasteiger partial charge < -0.3 is 0 Å². The fraction of sp³-hybridized carbons (Fsp3) is 0.938. The smallest absolute Gasteiger partial charge is 0.109 e. The Balaban J connectivity index is 2.04. The molecule has 0 aromatic rings. The minimum atomic E-state index is -0.252. The number of rotatable bonds is 2. The number of nitrogens with zero attached hydrogens (tertiary/aromatic N) is 1. The summed E-state index contributed by atoms with van der Waals surface area (Å²) >= 11 is 0. The van der Waals surface area contributed by atoms with Crippen LogP contribution in [0.25, 0.3) is 0 Å². The Morgan fingerprint density at radius 1 is 1.11 bits per heavy atom. The summed E-state index contributed by atoms with van der Waals surface area (Å²) in [6.45, 7) is 6.94. The number of hydrogen-bond acceptors (Lipinski definition) is 2. The highest BCUT2D eigenvalue weighted by Crippen LogP contribution is 2.44. The van der Waals surface area contributed by atoms with E-state index in [0.717, 1.165) is 6.42 Å². The maximum atomic E-state index is 9.70. The van der Waals surface area contributed by atoms with Gasteiger partial charge >= 0.3 is 0 Å². The fourth-order valence-electron chi connectivity index (χ4n) is 3.91. The lowest BCUT2D eigenvalue weighted by atomic mass is 9.64. The van der Waals surface area contributed by atoms with E-state index in [4.69, 9.17) is 0 Å². The van der Waals surface area contributed by atoms with Crippen LogP contribution in [0.1, 0.15) is 72.1 Å². The summed E-state index contributed by atoms with van der Waals surface area (Å²) in [5, 5.41) is 13.4. The molecule has 102 valence electrons. The first kappa shape index (κ1) is 13.9. The third-order valence-electron chi connectivity index (χ3n) is 5.16. The SMILES string of the molecule is CC1CC(C)(C)CCC1(C#N)NC1CCCCC1. The molecule has 18 heavy (non-hydrogen) atoms. The lowest BCUT2D eigenvalue weighted by Gasteiger charge is -2.46. The highest BCUT2D eigenvalue weighted by Gasteiger charge is 2.45. The van der Waals surface area contributed by atoms with Gasteiger partial charge in [-0.2, -0.15) is 5.26 Å². The second kappa shape index (κ2) is 5.21. The third kappa shape index (κ3) is 2.88. The van der Waals surface area contributed by atoms with Gasteiger partial charge in [0.15, 0.2) is 0 Å².